The number of rotatable bonds is 3. The first kappa shape index (κ1) is 17.8. The van der Waals surface area contributed by atoms with Crippen LogP contribution in [0.3, 0.4) is 0 Å². The van der Waals surface area contributed by atoms with E-state index in [-0.39, 0.29) is 17.5 Å². The van der Waals surface area contributed by atoms with E-state index in [2.05, 4.69) is 5.32 Å². The first-order valence-corrected chi connectivity index (χ1v) is 8.38. The lowest BCUT2D eigenvalue weighted by atomic mass is 10.1. The van der Waals surface area contributed by atoms with E-state index in [9.17, 15) is 18.4 Å². The van der Waals surface area contributed by atoms with Crippen LogP contribution in [0.25, 0.3) is 0 Å². The number of amides is 2. The maximum atomic E-state index is 13.8. The number of nitrogens with one attached hydrogen (secondary N) is 1. The molecule has 1 aromatic carbocycles. The van der Waals surface area contributed by atoms with E-state index in [1.807, 2.05) is 0 Å². The molecule has 3 rings (SSSR count). The normalized spacial score (nSPS) is 21.3. The van der Waals surface area contributed by atoms with Gasteiger partial charge in [-0.15, -0.1) is 0 Å². The number of halogens is 2. The summed E-state index contributed by atoms with van der Waals surface area (Å²) in [6.07, 6.45) is 0.362. The van der Waals surface area contributed by atoms with Gasteiger partial charge in [-0.25, -0.2) is 8.78 Å². The smallest absolute Gasteiger partial charge is 0.256 e. The first-order chi connectivity index (χ1) is 12.0. The molecule has 2 aliphatic heterocycles. The molecule has 2 aliphatic rings. The molecule has 0 aliphatic carbocycles. The number of hydrogen-bond acceptors (Lipinski definition) is 4. The van der Waals surface area contributed by atoms with E-state index in [1.165, 1.54) is 4.90 Å². The quantitative estimate of drug-likeness (QED) is 0.866. The van der Waals surface area contributed by atoms with Crippen LogP contribution >= 0.6 is 0 Å². The van der Waals surface area contributed by atoms with Crippen molar-refractivity contribution in [1.29, 1.82) is 0 Å². The zero-order valence-electron chi connectivity index (χ0n) is 13.8. The Morgan fingerprint density at radius 3 is 2.52 bits per heavy atom. The highest BCUT2D eigenvalue weighted by Crippen LogP contribution is 2.15. The second kappa shape index (κ2) is 7.88. The molecule has 1 atom stereocenters. The van der Waals surface area contributed by atoms with Crippen LogP contribution in [0.4, 0.5) is 8.78 Å². The van der Waals surface area contributed by atoms with Gasteiger partial charge in [0, 0.05) is 51.3 Å². The lowest BCUT2D eigenvalue weighted by Crippen LogP contribution is -2.52. The Labute approximate surface area is 144 Å². The molecule has 25 heavy (non-hydrogen) atoms. The summed E-state index contributed by atoms with van der Waals surface area (Å²) in [6.45, 7) is 3.39. The van der Waals surface area contributed by atoms with E-state index in [0.29, 0.717) is 51.9 Å². The van der Waals surface area contributed by atoms with Gasteiger partial charge in [0.2, 0.25) is 5.91 Å². The van der Waals surface area contributed by atoms with Gasteiger partial charge in [0.05, 0.1) is 18.8 Å². The number of carbonyl (C=O) groups excluding carboxylic acids is 2. The topological polar surface area (TPSA) is 61.9 Å². The third kappa shape index (κ3) is 4.32. The lowest BCUT2D eigenvalue weighted by Gasteiger charge is -2.36. The van der Waals surface area contributed by atoms with Crippen molar-refractivity contribution in [1.82, 2.24) is 15.1 Å². The SMILES string of the molecule is O=C(CC1COCCN1)N1CCN(C(=O)c2ccc(F)cc2F)CC1. The summed E-state index contributed by atoms with van der Waals surface area (Å²) in [7, 11) is 0. The summed E-state index contributed by atoms with van der Waals surface area (Å²) in [5, 5.41) is 3.24. The van der Waals surface area contributed by atoms with Gasteiger partial charge in [0.15, 0.2) is 0 Å². The lowest BCUT2D eigenvalue weighted by molar-refractivity contribution is -0.133. The molecule has 0 spiro atoms. The zero-order chi connectivity index (χ0) is 17.8. The van der Waals surface area contributed by atoms with Crippen molar-refractivity contribution in [2.24, 2.45) is 0 Å². The van der Waals surface area contributed by atoms with Crippen LogP contribution in [0.1, 0.15) is 16.8 Å². The summed E-state index contributed by atoms with van der Waals surface area (Å²) in [4.78, 5) is 27.9. The summed E-state index contributed by atoms with van der Waals surface area (Å²) in [5.74, 6) is -2.05. The molecule has 1 N–H and O–H groups in total. The fraction of sp³-hybridized carbons (Fsp3) is 0.529. The fourth-order valence-corrected chi connectivity index (χ4v) is 3.08. The number of carbonyl (C=O) groups is 2. The molecule has 0 aromatic heterocycles. The van der Waals surface area contributed by atoms with Crippen molar-refractivity contribution >= 4 is 11.8 Å². The summed E-state index contributed by atoms with van der Waals surface area (Å²) >= 11 is 0. The molecule has 136 valence electrons. The predicted octanol–water partition coefficient (Wildman–Crippen LogP) is 0.628. The molecule has 1 aromatic rings. The standard InChI is InChI=1S/C17H21F2N3O3/c18-12-1-2-14(15(19)9-12)17(24)22-6-4-21(5-7-22)16(23)10-13-11-25-8-3-20-13/h1-2,9,13,20H,3-8,10-11H2. The Morgan fingerprint density at radius 1 is 1.16 bits per heavy atom. The number of hydrogen-bond donors (Lipinski definition) is 1. The average molecular weight is 353 g/mol. The molecule has 2 heterocycles. The highest BCUT2D eigenvalue weighted by atomic mass is 19.1. The van der Waals surface area contributed by atoms with E-state index >= 15 is 0 Å². The van der Waals surface area contributed by atoms with Crippen LogP contribution in [0.2, 0.25) is 0 Å². The number of morpholine rings is 1. The molecule has 0 saturated carbocycles. The average Bonchev–Trinajstić information content (AvgIpc) is 2.62. The molecule has 2 amide bonds. The van der Waals surface area contributed by atoms with Gasteiger partial charge in [-0.3, -0.25) is 9.59 Å². The monoisotopic (exact) mass is 353 g/mol. The zero-order valence-corrected chi connectivity index (χ0v) is 13.8. The van der Waals surface area contributed by atoms with E-state index in [4.69, 9.17) is 4.74 Å². The van der Waals surface area contributed by atoms with Gasteiger partial charge in [0.25, 0.3) is 5.91 Å². The third-order valence-electron chi connectivity index (χ3n) is 4.50. The first-order valence-electron chi connectivity index (χ1n) is 8.38. The Hall–Kier alpha value is -2.06. The third-order valence-corrected chi connectivity index (χ3v) is 4.50. The summed E-state index contributed by atoms with van der Waals surface area (Å²) in [6, 6.07) is 2.94. The van der Waals surface area contributed by atoms with Gasteiger partial charge in [-0.1, -0.05) is 0 Å². The van der Waals surface area contributed by atoms with Crippen LogP contribution in [0.5, 0.6) is 0 Å². The highest BCUT2D eigenvalue weighted by Gasteiger charge is 2.28. The van der Waals surface area contributed by atoms with Crippen LogP contribution in [0, 0.1) is 11.6 Å². The van der Waals surface area contributed by atoms with Crippen LogP contribution in [-0.4, -0.2) is 73.6 Å². The number of piperazine rings is 1. The van der Waals surface area contributed by atoms with Crippen molar-refractivity contribution in [3.63, 3.8) is 0 Å². The van der Waals surface area contributed by atoms with Crippen LogP contribution < -0.4 is 5.32 Å². The molecule has 2 fully saturated rings. The van der Waals surface area contributed by atoms with Gasteiger partial charge in [0.1, 0.15) is 11.6 Å². The van der Waals surface area contributed by atoms with Gasteiger partial charge < -0.3 is 19.9 Å². The summed E-state index contributed by atoms with van der Waals surface area (Å²) < 4.78 is 32.1. The number of nitrogens with zero attached hydrogens (tertiary/aromatic N) is 2. The van der Waals surface area contributed by atoms with Crippen LogP contribution in [-0.2, 0) is 9.53 Å². The molecule has 6 nitrogen and oxygen atoms in total. The molecular formula is C17H21F2N3O3. The molecule has 2 saturated heterocycles. The maximum Gasteiger partial charge on any atom is 0.256 e. The van der Waals surface area contributed by atoms with Gasteiger partial charge in [-0.2, -0.15) is 0 Å². The van der Waals surface area contributed by atoms with Crippen molar-refractivity contribution in [2.45, 2.75) is 12.5 Å². The predicted molar refractivity (Wildman–Crippen MR) is 86.1 cm³/mol. The van der Waals surface area contributed by atoms with Crippen molar-refractivity contribution < 1.29 is 23.1 Å². The van der Waals surface area contributed by atoms with E-state index in [1.54, 1.807) is 4.90 Å². The molecule has 0 radical (unpaired) electrons. The maximum absolute atomic E-state index is 13.8. The molecule has 1 unspecified atom stereocenters. The Kier molecular flexibility index (Phi) is 5.60. The van der Waals surface area contributed by atoms with Crippen LogP contribution in [0.15, 0.2) is 18.2 Å². The number of ether oxygens (including phenoxy) is 1. The Balaban J connectivity index is 1.52. The van der Waals surface area contributed by atoms with Gasteiger partial charge in [-0.05, 0) is 12.1 Å². The highest BCUT2D eigenvalue weighted by molar-refractivity contribution is 5.94. The second-order valence-corrected chi connectivity index (χ2v) is 6.23. The minimum atomic E-state index is -0.869. The Bertz CT molecular complexity index is 642. The Morgan fingerprint density at radius 2 is 1.88 bits per heavy atom. The minimum Gasteiger partial charge on any atom is -0.378 e. The van der Waals surface area contributed by atoms with Crippen molar-refractivity contribution in [3.8, 4) is 0 Å². The molecular weight excluding hydrogens is 332 g/mol. The number of benzene rings is 1. The molecule has 0 bridgehead atoms. The van der Waals surface area contributed by atoms with Gasteiger partial charge >= 0.3 is 0 Å². The molecule has 8 heteroatoms. The van der Waals surface area contributed by atoms with E-state index < -0.39 is 17.5 Å². The van der Waals surface area contributed by atoms with Crippen molar-refractivity contribution in [2.75, 3.05) is 45.9 Å². The van der Waals surface area contributed by atoms with Crippen molar-refractivity contribution in [3.05, 3.63) is 35.4 Å². The largest absolute Gasteiger partial charge is 0.378 e. The fourth-order valence-electron chi connectivity index (χ4n) is 3.08. The van der Waals surface area contributed by atoms with E-state index in [0.717, 1.165) is 18.7 Å². The minimum absolute atomic E-state index is 0.0167. The summed E-state index contributed by atoms with van der Waals surface area (Å²) in [5.41, 5.74) is -0.148. The second-order valence-electron chi connectivity index (χ2n) is 6.23.